The topological polar surface area (TPSA) is 50.9 Å². The first kappa shape index (κ1) is 14.0. The predicted octanol–water partition coefficient (Wildman–Crippen LogP) is 2.35. The molecule has 1 aromatic heterocycles. The second kappa shape index (κ2) is 6.12. The van der Waals surface area contributed by atoms with Crippen molar-refractivity contribution < 1.29 is 9.50 Å². The molecule has 0 amide bonds. The highest BCUT2D eigenvalue weighted by atomic mass is 35.5. The molecule has 1 aromatic carbocycles. The first-order chi connectivity index (χ1) is 9.11. The lowest BCUT2D eigenvalue weighted by Gasteiger charge is -2.07. The van der Waals surface area contributed by atoms with Crippen LogP contribution in [-0.4, -0.2) is 26.5 Å². The Morgan fingerprint density at radius 2 is 2.21 bits per heavy atom. The van der Waals surface area contributed by atoms with Crippen molar-refractivity contribution in [3.8, 4) is 0 Å². The summed E-state index contributed by atoms with van der Waals surface area (Å²) in [6.45, 7) is 2.42. The van der Waals surface area contributed by atoms with Crippen LogP contribution in [0.15, 0.2) is 18.2 Å². The van der Waals surface area contributed by atoms with E-state index in [0.29, 0.717) is 35.2 Å². The zero-order valence-electron chi connectivity index (χ0n) is 10.6. The maximum Gasteiger partial charge on any atom is 0.147 e. The van der Waals surface area contributed by atoms with Gasteiger partial charge in [-0.05, 0) is 25.5 Å². The van der Waals surface area contributed by atoms with Crippen LogP contribution in [0.25, 0.3) is 0 Å². The number of aromatic nitrogens is 3. The monoisotopic (exact) mass is 283 g/mol. The Morgan fingerprint density at radius 1 is 1.42 bits per heavy atom. The first-order valence-electron chi connectivity index (χ1n) is 6.06. The van der Waals surface area contributed by atoms with E-state index in [1.54, 1.807) is 23.7 Å². The van der Waals surface area contributed by atoms with Crippen molar-refractivity contribution in [3.05, 3.63) is 46.3 Å². The Morgan fingerprint density at radius 3 is 2.89 bits per heavy atom. The average Bonchev–Trinajstić information content (AvgIpc) is 2.72. The Balaban J connectivity index is 2.27. The van der Waals surface area contributed by atoms with Gasteiger partial charge in [0.15, 0.2) is 0 Å². The summed E-state index contributed by atoms with van der Waals surface area (Å²) in [5.74, 6) is 0.931. The van der Waals surface area contributed by atoms with Gasteiger partial charge >= 0.3 is 0 Å². The molecule has 0 aliphatic rings. The number of aliphatic hydroxyl groups excluding tert-OH is 1. The first-order valence-corrected chi connectivity index (χ1v) is 6.43. The molecular formula is C13H15ClFN3O. The summed E-state index contributed by atoms with van der Waals surface area (Å²) >= 11 is 6.01. The number of hydrogen-bond acceptors (Lipinski definition) is 3. The van der Waals surface area contributed by atoms with Crippen LogP contribution in [0.2, 0.25) is 5.02 Å². The van der Waals surface area contributed by atoms with Crippen LogP contribution < -0.4 is 0 Å². The zero-order valence-corrected chi connectivity index (χ0v) is 11.4. The smallest absolute Gasteiger partial charge is 0.147 e. The quantitative estimate of drug-likeness (QED) is 0.916. The summed E-state index contributed by atoms with van der Waals surface area (Å²) in [4.78, 5) is 4.29. The lowest BCUT2D eigenvalue weighted by Crippen LogP contribution is -2.08. The SMILES string of the molecule is Cc1nc(Cc2c(F)cccc2Cl)n(CCCO)n1. The second-order valence-corrected chi connectivity index (χ2v) is 4.66. The number of hydrogen-bond donors (Lipinski definition) is 1. The Hall–Kier alpha value is -1.46. The average molecular weight is 284 g/mol. The number of aliphatic hydroxyl groups is 1. The molecule has 0 saturated carbocycles. The van der Waals surface area contributed by atoms with E-state index < -0.39 is 0 Å². The highest BCUT2D eigenvalue weighted by Crippen LogP contribution is 2.21. The van der Waals surface area contributed by atoms with Gasteiger partial charge in [-0.3, -0.25) is 0 Å². The van der Waals surface area contributed by atoms with Crippen molar-refractivity contribution in [2.24, 2.45) is 0 Å². The molecule has 2 rings (SSSR count). The molecule has 2 aromatic rings. The van der Waals surface area contributed by atoms with Crippen LogP contribution in [0.3, 0.4) is 0 Å². The van der Waals surface area contributed by atoms with Crippen LogP contribution in [0.5, 0.6) is 0 Å². The number of nitrogens with zero attached hydrogens (tertiary/aromatic N) is 3. The molecule has 0 aliphatic heterocycles. The molecule has 6 heteroatoms. The molecule has 1 N–H and O–H groups in total. The van der Waals surface area contributed by atoms with E-state index in [2.05, 4.69) is 10.1 Å². The molecule has 0 saturated heterocycles. The van der Waals surface area contributed by atoms with E-state index in [1.807, 2.05) is 0 Å². The molecule has 0 unspecified atom stereocenters. The van der Waals surface area contributed by atoms with Gasteiger partial charge in [-0.15, -0.1) is 0 Å². The van der Waals surface area contributed by atoms with E-state index in [1.165, 1.54) is 6.07 Å². The molecule has 0 aliphatic carbocycles. The van der Waals surface area contributed by atoms with Crippen LogP contribution in [-0.2, 0) is 13.0 Å². The van der Waals surface area contributed by atoms with Gasteiger partial charge in [0.25, 0.3) is 0 Å². The third-order valence-electron chi connectivity index (χ3n) is 2.78. The molecule has 102 valence electrons. The van der Waals surface area contributed by atoms with Crippen LogP contribution >= 0.6 is 11.6 Å². The van der Waals surface area contributed by atoms with E-state index in [9.17, 15) is 4.39 Å². The predicted molar refractivity (Wildman–Crippen MR) is 70.7 cm³/mol. The lowest BCUT2D eigenvalue weighted by molar-refractivity contribution is 0.276. The van der Waals surface area contributed by atoms with Gasteiger partial charge in [-0.25, -0.2) is 14.1 Å². The third-order valence-corrected chi connectivity index (χ3v) is 3.13. The summed E-state index contributed by atoms with van der Waals surface area (Å²) in [6, 6.07) is 4.60. The second-order valence-electron chi connectivity index (χ2n) is 4.25. The van der Waals surface area contributed by atoms with Crippen LogP contribution in [0.1, 0.15) is 23.6 Å². The molecule has 0 fully saturated rings. The molecule has 0 spiro atoms. The van der Waals surface area contributed by atoms with Gasteiger partial charge in [0.1, 0.15) is 17.5 Å². The molecule has 0 atom stereocenters. The van der Waals surface area contributed by atoms with Gasteiger partial charge in [-0.2, -0.15) is 5.10 Å². The van der Waals surface area contributed by atoms with Crippen molar-refractivity contribution in [2.75, 3.05) is 6.61 Å². The highest BCUT2D eigenvalue weighted by molar-refractivity contribution is 6.31. The minimum absolute atomic E-state index is 0.0821. The number of rotatable bonds is 5. The molecule has 4 nitrogen and oxygen atoms in total. The van der Waals surface area contributed by atoms with Crippen molar-refractivity contribution in [2.45, 2.75) is 26.3 Å². The summed E-state index contributed by atoms with van der Waals surface area (Å²) in [5, 5.41) is 13.5. The summed E-state index contributed by atoms with van der Waals surface area (Å²) in [7, 11) is 0. The zero-order chi connectivity index (χ0) is 13.8. The molecule has 0 radical (unpaired) electrons. The Kier molecular flexibility index (Phi) is 4.50. The molecule has 19 heavy (non-hydrogen) atoms. The molecule has 1 heterocycles. The highest BCUT2D eigenvalue weighted by Gasteiger charge is 2.13. The third kappa shape index (κ3) is 3.30. The van der Waals surface area contributed by atoms with Crippen LogP contribution in [0.4, 0.5) is 4.39 Å². The van der Waals surface area contributed by atoms with E-state index >= 15 is 0 Å². The lowest BCUT2D eigenvalue weighted by atomic mass is 10.1. The van der Waals surface area contributed by atoms with E-state index in [4.69, 9.17) is 16.7 Å². The van der Waals surface area contributed by atoms with Crippen molar-refractivity contribution in [3.63, 3.8) is 0 Å². The van der Waals surface area contributed by atoms with Crippen molar-refractivity contribution >= 4 is 11.6 Å². The number of benzene rings is 1. The fourth-order valence-electron chi connectivity index (χ4n) is 1.89. The van der Waals surface area contributed by atoms with Crippen molar-refractivity contribution in [1.29, 1.82) is 0 Å². The molecule has 0 bridgehead atoms. The fraction of sp³-hybridized carbons (Fsp3) is 0.385. The van der Waals surface area contributed by atoms with E-state index in [0.717, 1.165) is 0 Å². The minimum atomic E-state index is -0.345. The number of halogens is 2. The van der Waals surface area contributed by atoms with Gasteiger partial charge in [-0.1, -0.05) is 17.7 Å². The van der Waals surface area contributed by atoms with Gasteiger partial charge in [0.05, 0.1) is 0 Å². The summed E-state index contributed by atoms with van der Waals surface area (Å²) < 4.78 is 15.4. The minimum Gasteiger partial charge on any atom is -0.396 e. The van der Waals surface area contributed by atoms with Crippen molar-refractivity contribution in [1.82, 2.24) is 14.8 Å². The summed E-state index contributed by atoms with van der Waals surface area (Å²) in [6.07, 6.45) is 0.874. The standard InChI is InChI=1S/C13H15ClFN3O/c1-9-16-13(18(17-9)6-3-7-19)8-10-11(14)4-2-5-12(10)15/h2,4-5,19H,3,6-8H2,1H3. The van der Waals surface area contributed by atoms with Gasteiger partial charge in [0.2, 0.25) is 0 Å². The molecular weight excluding hydrogens is 269 g/mol. The van der Waals surface area contributed by atoms with Gasteiger partial charge in [0, 0.05) is 30.2 Å². The summed E-state index contributed by atoms with van der Waals surface area (Å²) in [5.41, 5.74) is 0.418. The Bertz CT molecular complexity index is 551. The normalized spacial score (nSPS) is 10.9. The van der Waals surface area contributed by atoms with Gasteiger partial charge < -0.3 is 5.11 Å². The fourth-order valence-corrected chi connectivity index (χ4v) is 2.12. The largest absolute Gasteiger partial charge is 0.396 e. The van der Waals surface area contributed by atoms with Crippen LogP contribution in [0, 0.1) is 12.7 Å². The number of aryl methyl sites for hydroxylation is 2. The maximum absolute atomic E-state index is 13.7. The maximum atomic E-state index is 13.7. The Labute approximate surface area is 115 Å². The van der Waals surface area contributed by atoms with E-state index in [-0.39, 0.29) is 18.8 Å².